The van der Waals surface area contributed by atoms with Crippen molar-refractivity contribution in [3.05, 3.63) is 65.7 Å². The van der Waals surface area contributed by atoms with E-state index >= 15 is 0 Å². The molecule has 0 radical (unpaired) electrons. The van der Waals surface area contributed by atoms with Gasteiger partial charge in [-0.25, -0.2) is 0 Å². The van der Waals surface area contributed by atoms with E-state index in [4.69, 9.17) is 0 Å². The quantitative estimate of drug-likeness (QED) is 0.807. The lowest BCUT2D eigenvalue weighted by Gasteiger charge is -2.08. The summed E-state index contributed by atoms with van der Waals surface area (Å²) in [5, 5.41) is 5.72. The molecule has 0 fully saturated rings. The Balaban J connectivity index is 1.82. The third-order valence-electron chi connectivity index (χ3n) is 3.20. The van der Waals surface area contributed by atoms with Gasteiger partial charge in [-0.05, 0) is 43.7 Å². The van der Waals surface area contributed by atoms with Gasteiger partial charge in [0.2, 0.25) is 5.91 Å². The average molecular weight is 342 g/mol. The number of benzene rings is 2. The minimum atomic E-state index is -0.128. The molecule has 2 N–H and O–H groups in total. The van der Waals surface area contributed by atoms with E-state index in [2.05, 4.69) is 10.6 Å². The van der Waals surface area contributed by atoms with E-state index in [1.165, 1.54) is 0 Å². The molecule has 0 saturated carbocycles. The molecule has 0 bridgehead atoms. The van der Waals surface area contributed by atoms with Crippen molar-refractivity contribution in [2.24, 2.45) is 0 Å². The Morgan fingerprint density at radius 3 is 2.29 bits per heavy atom. The van der Waals surface area contributed by atoms with Gasteiger partial charge in [-0.15, -0.1) is 11.8 Å². The number of hydrogen-bond acceptors (Lipinski definition) is 3. The van der Waals surface area contributed by atoms with Gasteiger partial charge in [-0.1, -0.05) is 30.3 Å². The summed E-state index contributed by atoms with van der Waals surface area (Å²) in [7, 11) is 0. The van der Waals surface area contributed by atoms with Crippen LogP contribution in [0.25, 0.3) is 0 Å². The number of thioether (sulfide) groups is 1. The first-order valence-electron chi connectivity index (χ1n) is 7.87. The van der Waals surface area contributed by atoms with E-state index in [0.29, 0.717) is 11.3 Å². The van der Waals surface area contributed by atoms with Crippen LogP contribution in [0.15, 0.2) is 54.6 Å². The van der Waals surface area contributed by atoms with Crippen molar-refractivity contribution in [3.8, 4) is 0 Å². The van der Waals surface area contributed by atoms with Crippen molar-refractivity contribution in [3.63, 3.8) is 0 Å². The highest BCUT2D eigenvalue weighted by Gasteiger charge is 2.07. The summed E-state index contributed by atoms with van der Waals surface area (Å²) in [5.74, 6) is 1.10. The van der Waals surface area contributed by atoms with Crippen molar-refractivity contribution < 1.29 is 9.59 Å². The number of para-hydroxylation sites is 1. The van der Waals surface area contributed by atoms with Gasteiger partial charge in [-0.2, -0.15) is 0 Å². The standard InChI is InChI=1S/C19H22N2O2S/c1-14(2)20-18(22)13-24-12-15-8-10-16(11-9-15)19(23)21-17-6-4-3-5-7-17/h3-11,14H,12-13H2,1-2H3,(H,20,22)(H,21,23). The predicted molar refractivity (Wildman–Crippen MR) is 100 cm³/mol. The normalized spacial score (nSPS) is 10.5. The fourth-order valence-corrected chi connectivity index (χ4v) is 2.90. The maximum atomic E-state index is 12.2. The summed E-state index contributed by atoms with van der Waals surface area (Å²) >= 11 is 1.56. The maximum absolute atomic E-state index is 12.2. The lowest BCUT2D eigenvalue weighted by Crippen LogP contribution is -2.31. The molecule has 2 rings (SSSR count). The van der Waals surface area contributed by atoms with E-state index < -0.39 is 0 Å². The molecule has 2 aromatic carbocycles. The summed E-state index contributed by atoms with van der Waals surface area (Å²) in [6, 6.07) is 17.0. The van der Waals surface area contributed by atoms with Crippen LogP contribution in [0.4, 0.5) is 5.69 Å². The van der Waals surface area contributed by atoms with Gasteiger partial charge < -0.3 is 10.6 Å². The molecule has 0 saturated heterocycles. The molecule has 5 heteroatoms. The molecule has 0 aliphatic rings. The van der Waals surface area contributed by atoms with Crippen LogP contribution in [-0.4, -0.2) is 23.6 Å². The van der Waals surface area contributed by atoms with Crippen LogP contribution < -0.4 is 10.6 Å². The minimum Gasteiger partial charge on any atom is -0.353 e. The zero-order valence-corrected chi connectivity index (χ0v) is 14.7. The minimum absolute atomic E-state index is 0.0499. The third kappa shape index (κ3) is 6.08. The van der Waals surface area contributed by atoms with Crippen LogP contribution in [0, 0.1) is 0 Å². The first-order valence-corrected chi connectivity index (χ1v) is 9.02. The zero-order chi connectivity index (χ0) is 17.4. The molecule has 0 aliphatic carbocycles. The van der Waals surface area contributed by atoms with Gasteiger partial charge >= 0.3 is 0 Å². The summed E-state index contributed by atoms with van der Waals surface area (Å²) < 4.78 is 0. The highest BCUT2D eigenvalue weighted by molar-refractivity contribution is 7.99. The number of carbonyl (C=O) groups is 2. The number of hydrogen-bond donors (Lipinski definition) is 2. The largest absolute Gasteiger partial charge is 0.353 e. The molecule has 0 atom stereocenters. The predicted octanol–water partition coefficient (Wildman–Crippen LogP) is 3.70. The molecule has 126 valence electrons. The van der Waals surface area contributed by atoms with Crippen molar-refractivity contribution in [2.45, 2.75) is 25.6 Å². The summed E-state index contributed by atoms with van der Waals surface area (Å²) in [5.41, 5.74) is 2.48. The van der Waals surface area contributed by atoms with E-state index in [9.17, 15) is 9.59 Å². The Hall–Kier alpha value is -2.27. The van der Waals surface area contributed by atoms with Gasteiger partial charge in [0.15, 0.2) is 0 Å². The van der Waals surface area contributed by atoms with E-state index in [0.717, 1.165) is 17.0 Å². The second kappa shape index (κ2) is 9.13. The average Bonchev–Trinajstić information content (AvgIpc) is 2.55. The number of carbonyl (C=O) groups excluding carboxylic acids is 2. The van der Waals surface area contributed by atoms with Crippen LogP contribution in [-0.2, 0) is 10.5 Å². The van der Waals surface area contributed by atoms with Gasteiger partial charge in [0.1, 0.15) is 0 Å². The van der Waals surface area contributed by atoms with Gasteiger partial charge in [0.05, 0.1) is 5.75 Å². The third-order valence-corrected chi connectivity index (χ3v) is 4.20. The molecule has 0 spiro atoms. The molecule has 0 heterocycles. The second-order valence-electron chi connectivity index (χ2n) is 5.73. The molecule has 2 aromatic rings. The number of amides is 2. The molecule has 0 aliphatic heterocycles. The SMILES string of the molecule is CC(C)NC(=O)CSCc1ccc(C(=O)Nc2ccccc2)cc1. The molecular formula is C19H22N2O2S. The first-order chi connectivity index (χ1) is 11.5. The fourth-order valence-electron chi connectivity index (χ4n) is 2.10. The molecule has 4 nitrogen and oxygen atoms in total. The maximum Gasteiger partial charge on any atom is 0.255 e. The summed E-state index contributed by atoms with van der Waals surface area (Å²) in [6.45, 7) is 3.89. The van der Waals surface area contributed by atoms with E-state index in [1.54, 1.807) is 11.8 Å². The highest BCUT2D eigenvalue weighted by atomic mass is 32.2. The van der Waals surface area contributed by atoms with Crippen molar-refractivity contribution in [1.29, 1.82) is 0 Å². The number of rotatable bonds is 7. The van der Waals surface area contributed by atoms with Crippen LogP contribution in [0.5, 0.6) is 0 Å². The Kier molecular flexibility index (Phi) is 6.88. The van der Waals surface area contributed by atoms with Gasteiger partial charge in [0.25, 0.3) is 5.91 Å². The van der Waals surface area contributed by atoms with Crippen LogP contribution >= 0.6 is 11.8 Å². The summed E-state index contributed by atoms with van der Waals surface area (Å²) in [6.07, 6.45) is 0. The van der Waals surface area contributed by atoms with Crippen LogP contribution in [0.1, 0.15) is 29.8 Å². The lowest BCUT2D eigenvalue weighted by molar-refractivity contribution is -0.119. The molecule has 0 aromatic heterocycles. The Labute approximate surface area is 147 Å². The fraction of sp³-hybridized carbons (Fsp3) is 0.263. The number of nitrogens with one attached hydrogen (secondary N) is 2. The van der Waals surface area contributed by atoms with Crippen molar-refractivity contribution >= 4 is 29.3 Å². The lowest BCUT2D eigenvalue weighted by atomic mass is 10.1. The molecule has 2 amide bonds. The van der Waals surface area contributed by atoms with Gasteiger partial charge in [0, 0.05) is 23.0 Å². The van der Waals surface area contributed by atoms with E-state index in [1.807, 2.05) is 68.4 Å². The topological polar surface area (TPSA) is 58.2 Å². The molecule has 0 unspecified atom stereocenters. The summed E-state index contributed by atoms with van der Waals surface area (Å²) in [4.78, 5) is 23.7. The Bertz CT molecular complexity index is 670. The zero-order valence-electron chi connectivity index (χ0n) is 13.9. The number of anilines is 1. The van der Waals surface area contributed by atoms with Crippen molar-refractivity contribution in [2.75, 3.05) is 11.1 Å². The molecule has 24 heavy (non-hydrogen) atoms. The van der Waals surface area contributed by atoms with Gasteiger partial charge in [-0.3, -0.25) is 9.59 Å². The smallest absolute Gasteiger partial charge is 0.255 e. The highest BCUT2D eigenvalue weighted by Crippen LogP contribution is 2.14. The monoisotopic (exact) mass is 342 g/mol. The molecular weight excluding hydrogens is 320 g/mol. The van der Waals surface area contributed by atoms with Crippen LogP contribution in [0.2, 0.25) is 0 Å². The second-order valence-corrected chi connectivity index (χ2v) is 6.72. The first kappa shape index (κ1) is 18.1. The Morgan fingerprint density at radius 2 is 1.67 bits per heavy atom. The van der Waals surface area contributed by atoms with E-state index in [-0.39, 0.29) is 17.9 Å². The van der Waals surface area contributed by atoms with Crippen molar-refractivity contribution in [1.82, 2.24) is 5.32 Å². The van der Waals surface area contributed by atoms with Crippen LogP contribution in [0.3, 0.4) is 0 Å². The Morgan fingerprint density at radius 1 is 1.00 bits per heavy atom.